The van der Waals surface area contributed by atoms with Gasteiger partial charge < -0.3 is 5.32 Å². The zero-order valence-corrected chi connectivity index (χ0v) is 14.7. The average molecular weight is 372 g/mol. The van der Waals surface area contributed by atoms with Gasteiger partial charge in [-0.15, -0.1) is 11.8 Å². The van der Waals surface area contributed by atoms with Crippen molar-refractivity contribution in [2.45, 2.75) is 10.6 Å². The Hall–Kier alpha value is -0.870. The molecule has 0 spiro atoms. The van der Waals surface area contributed by atoms with E-state index in [0.717, 1.165) is 45.7 Å². The molecule has 0 aromatic heterocycles. The number of halogens is 3. The summed E-state index contributed by atoms with van der Waals surface area (Å²) in [6, 6.07) is 11.4. The molecule has 6 heteroatoms. The Morgan fingerprint density at radius 2 is 1.82 bits per heavy atom. The van der Waals surface area contributed by atoms with E-state index in [1.165, 1.54) is 0 Å². The summed E-state index contributed by atoms with van der Waals surface area (Å²) in [5, 5.41) is 5.41. The van der Waals surface area contributed by atoms with Crippen molar-refractivity contribution in [1.29, 1.82) is 0 Å². The fourth-order valence-electron chi connectivity index (χ4n) is 2.20. The van der Waals surface area contributed by atoms with Crippen molar-refractivity contribution in [3.05, 3.63) is 62.6 Å². The van der Waals surface area contributed by atoms with Gasteiger partial charge in [0.25, 0.3) is 0 Å². The molecule has 2 aromatic carbocycles. The summed E-state index contributed by atoms with van der Waals surface area (Å²) in [5.74, 6) is 1.64. The second-order valence-corrected chi connectivity index (χ2v) is 7.12. The zero-order chi connectivity index (χ0) is 15.5. The lowest BCUT2D eigenvalue weighted by atomic mass is 10.2. The Labute approximate surface area is 148 Å². The van der Waals surface area contributed by atoms with Crippen LogP contribution >= 0.6 is 46.6 Å². The summed E-state index contributed by atoms with van der Waals surface area (Å²) in [4.78, 5) is 5.60. The Kier molecular flexibility index (Phi) is 5.19. The van der Waals surface area contributed by atoms with Crippen molar-refractivity contribution >= 4 is 52.4 Å². The lowest BCUT2D eigenvalue weighted by Gasteiger charge is -2.11. The van der Waals surface area contributed by atoms with E-state index in [-0.39, 0.29) is 0 Å². The first-order valence-corrected chi connectivity index (χ1v) is 8.90. The van der Waals surface area contributed by atoms with Crippen LogP contribution in [-0.2, 0) is 5.75 Å². The van der Waals surface area contributed by atoms with Crippen molar-refractivity contribution < 1.29 is 0 Å². The van der Waals surface area contributed by atoms with E-state index in [1.807, 2.05) is 30.3 Å². The van der Waals surface area contributed by atoms with E-state index in [2.05, 4.69) is 10.3 Å². The number of aliphatic imine (C=N–C) groups is 1. The summed E-state index contributed by atoms with van der Waals surface area (Å²) < 4.78 is 0. The van der Waals surface area contributed by atoms with Crippen LogP contribution in [0.1, 0.15) is 11.1 Å². The van der Waals surface area contributed by atoms with Crippen LogP contribution in [-0.4, -0.2) is 18.9 Å². The standard InChI is InChI=1S/C16H13Cl3N2S/c17-11-1-3-14(19)10(7-11)9-22-15-4-2-12(18)8-13(15)16-20-5-6-21-16/h1-4,7-8H,5-6,9H2,(H,20,21). The van der Waals surface area contributed by atoms with Crippen LogP contribution in [0.4, 0.5) is 0 Å². The Bertz CT molecular complexity index is 731. The molecule has 0 amide bonds. The van der Waals surface area contributed by atoms with Crippen LogP contribution in [0.15, 0.2) is 46.3 Å². The number of nitrogens with one attached hydrogen (secondary N) is 1. The molecule has 0 fully saturated rings. The van der Waals surface area contributed by atoms with E-state index >= 15 is 0 Å². The van der Waals surface area contributed by atoms with Crippen molar-refractivity contribution in [1.82, 2.24) is 5.32 Å². The Balaban J connectivity index is 1.84. The van der Waals surface area contributed by atoms with E-state index in [1.54, 1.807) is 17.8 Å². The van der Waals surface area contributed by atoms with Crippen LogP contribution in [0.5, 0.6) is 0 Å². The van der Waals surface area contributed by atoms with Gasteiger partial charge in [0.2, 0.25) is 0 Å². The predicted molar refractivity (Wildman–Crippen MR) is 96.9 cm³/mol. The van der Waals surface area contributed by atoms with Gasteiger partial charge in [0.15, 0.2) is 0 Å². The summed E-state index contributed by atoms with van der Waals surface area (Å²) in [5.41, 5.74) is 2.05. The maximum Gasteiger partial charge on any atom is 0.129 e. The first-order valence-electron chi connectivity index (χ1n) is 6.78. The summed E-state index contributed by atoms with van der Waals surface area (Å²) >= 11 is 20.1. The number of rotatable bonds is 4. The molecule has 22 heavy (non-hydrogen) atoms. The number of hydrogen-bond acceptors (Lipinski definition) is 3. The first kappa shape index (κ1) is 16.0. The van der Waals surface area contributed by atoms with Crippen molar-refractivity contribution in [3.63, 3.8) is 0 Å². The molecule has 1 aliphatic heterocycles. The highest BCUT2D eigenvalue weighted by molar-refractivity contribution is 7.98. The highest BCUT2D eigenvalue weighted by Crippen LogP contribution is 2.32. The van der Waals surface area contributed by atoms with Gasteiger partial charge in [-0.05, 0) is 42.0 Å². The third kappa shape index (κ3) is 3.72. The largest absolute Gasteiger partial charge is 0.368 e. The fourth-order valence-corrected chi connectivity index (χ4v) is 3.86. The quantitative estimate of drug-likeness (QED) is 0.739. The molecule has 1 N–H and O–H groups in total. The predicted octanol–water partition coefficient (Wildman–Crippen LogP) is 5.29. The Morgan fingerprint density at radius 3 is 2.59 bits per heavy atom. The molecule has 2 aromatic rings. The molecule has 114 valence electrons. The fraction of sp³-hybridized carbons (Fsp3) is 0.188. The molecule has 0 bridgehead atoms. The number of hydrogen-bond donors (Lipinski definition) is 1. The second-order valence-electron chi connectivity index (χ2n) is 4.82. The van der Waals surface area contributed by atoms with Crippen molar-refractivity contribution in [2.75, 3.05) is 13.1 Å². The second kappa shape index (κ2) is 7.14. The lowest BCUT2D eigenvalue weighted by molar-refractivity contribution is 0.959. The van der Waals surface area contributed by atoms with Gasteiger partial charge in [-0.3, -0.25) is 4.99 Å². The summed E-state index contributed by atoms with van der Waals surface area (Å²) in [6.45, 7) is 1.66. The van der Waals surface area contributed by atoms with E-state index in [4.69, 9.17) is 34.8 Å². The third-order valence-electron chi connectivity index (χ3n) is 3.26. The van der Waals surface area contributed by atoms with Gasteiger partial charge in [0, 0.05) is 37.8 Å². The number of nitrogens with zero attached hydrogens (tertiary/aromatic N) is 1. The van der Waals surface area contributed by atoms with Crippen LogP contribution in [0.2, 0.25) is 15.1 Å². The van der Waals surface area contributed by atoms with Crippen molar-refractivity contribution in [3.8, 4) is 0 Å². The van der Waals surface area contributed by atoms with Gasteiger partial charge in [0.05, 0.1) is 6.54 Å². The monoisotopic (exact) mass is 370 g/mol. The van der Waals surface area contributed by atoms with Crippen LogP contribution in [0, 0.1) is 0 Å². The molecule has 3 rings (SSSR count). The molecule has 2 nitrogen and oxygen atoms in total. The molecular weight excluding hydrogens is 359 g/mol. The maximum absolute atomic E-state index is 6.23. The molecule has 0 unspecified atom stereocenters. The molecular formula is C16H13Cl3N2S. The van der Waals surface area contributed by atoms with E-state index in [0.29, 0.717) is 10.0 Å². The summed E-state index contributed by atoms with van der Waals surface area (Å²) in [7, 11) is 0. The smallest absolute Gasteiger partial charge is 0.129 e. The molecule has 0 radical (unpaired) electrons. The van der Waals surface area contributed by atoms with E-state index in [9.17, 15) is 0 Å². The van der Waals surface area contributed by atoms with Gasteiger partial charge in [-0.1, -0.05) is 34.8 Å². The highest BCUT2D eigenvalue weighted by Gasteiger charge is 2.14. The highest BCUT2D eigenvalue weighted by atomic mass is 35.5. The first-order chi connectivity index (χ1) is 10.6. The molecule has 0 saturated carbocycles. The minimum absolute atomic E-state index is 0.693. The lowest BCUT2D eigenvalue weighted by Crippen LogP contribution is -2.20. The van der Waals surface area contributed by atoms with Crippen molar-refractivity contribution in [2.24, 2.45) is 4.99 Å². The van der Waals surface area contributed by atoms with Crippen LogP contribution in [0.3, 0.4) is 0 Å². The van der Waals surface area contributed by atoms with Gasteiger partial charge in [-0.25, -0.2) is 0 Å². The maximum atomic E-state index is 6.23. The van der Waals surface area contributed by atoms with Gasteiger partial charge >= 0.3 is 0 Å². The topological polar surface area (TPSA) is 24.4 Å². The zero-order valence-electron chi connectivity index (χ0n) is 11.6. The molecule has 1 heterocycles. The molecule has 0 saturated heterocycles. The molecule has 0 aliphatic carbocycles. The minimum atomic E-state index is 0.693. The van der Waals surface area contributed by atoms with E-state index < -0.39 is 0 Å². The van der Waals surface area contributed by atoms with Crippen LogP contribution in [0.25, 0.3) is 0 Å². The van der Waals surface area contributed by atoms with Gasteiger partial charge in [-0.2, -0.15) is 0 Å². The number of amidine groups is 1. The summed E-state index contributed by atoms with van der Waals surface area (Å²) in [6.07, 6.45) is 0. The normalized spacial score (nSPS) is 13.9. The van der Waals surface area contributed by atoms with Gasteiger partial charge in [0.1, 0.15) is 5.84 Å². The number of benzene rings is 2. The molecule has 0 atom stereocenters. The average Bonchev–Trinajstić information content (AvgIpc) is 3.03. The number of thioether (sulfide) groups is 1. The van der Waals surface area contributed by atoms with Crippen LogP contribution < -0.4 is 5.32 Å². The SMILES string of the molecule is Clc1ccc(Cl)c(CSc2ccc(Cl)cc2C2=NCCN2)c1. The third-order valence-corrected chi connectivity index (χ3v) is 5.22. The Morgan fingerprint density at radius 1 is 1.05 bits per heavy atom. The molecule has 1 aliphatic rings. The minimum Gasteiger partial charge on any atom is -0.368 e.